The second-order valence-corrected chi connectivity index (χ2v) is 6.41. The highest BCUT2D eigenvalue weighted by Gasteiger charge is 2.16. The normalized spacial score (nSPS) is 16.2. The average molecular weight is 258 g/mol. The third kappa shape index (κ3) is 4.49. The minimum Gasteiger partial charge on any atom is -0.294 e. The molecule has 1 saturated carbocycles. The number of rotatable bonds is 6. The summed E-state index contributed by atoms with van der Waals surface area (Å²) >= 11 is 0. The largest absolute Gasteiger partial charge is 0.294 e. The van der Waals surface area contributed by atoms with Crippen molar-refractivity contribution in [3.63, 3.8) is 0 Å². The van der Waals surface area contributed by atoms with Gasteiger partial charge in [0, 0.05) is 12.0 Å². The van der Waals surface area contributed by atoms with Crippen LogP contribution in [0, 0.1) is 11.8 Å². The van der Waals surface area contributed by atoms with Crippen LogP contribution in [0.15, 0.2) is 24.3 Å². The molecule has 0 N–H and O–H groups in total. The van der Waals surface area contributed by atoms with Crippen molar-refractivity contribution in [1.82, 2.24) is 0 Å². The van der Waals surface area contributed by atoms with Crippen LogP contribution in [0.3, 0.4) is 0 Å². The summed E-state index contributed by atoms with van der Waals surface area (Å²) in [5.74, 6) is 1.80. The maximum atomic E-state index is 12.1. The molecule has 0 bridgehead atoms. The molecular weight excluding hydrogens is 232 g/mol. The van der Waals surface area contributed by atoms with Gasteiger partial charge in [0.05, 0.1) is 0 Å². The molecule has 0 saturated heterocycles. The summed E-state index contributed by atoms with van der Waals surface area (Å²) in [4.78, 5) is 12.1. The fourth-order valence-electron chi connectivity index (χ4n) is 3.08. The molecule has 2 rings (SSSR count). The lowest BCUT2D eigenvalue weighted by molar-refractivity contribution is 0.0974. The molecule has 0 atom stereocenters. The Labute approximate surface area is 117 Å². The van der Waals surface area contributed by atoms with E-state index >= 15 is 0 Å². The van der Waals surface area contributed by atoms with Gasteiger partial charge in [-0.15, -0.1) is 0 Å². The Morgan fingerprint density at radius 3 is 2.37 bits per heavy atom. The Kier molecular flexibility index (Phi) is 5.18. The maximum Gasteiger partial charge on any atom is 0.162 e. The van der Waals surface area contributed by atoms with Gasteiger partial charge in [0.1, 0.15) is 0 Å². The molecule has 104 valence electrons. The molecular formula is C18H26O. The van der Waals surface area contributed by atoms with Crippen molar-refractivity contribution in [2.45, 2.75) is 58.8 Å². The first-order valence-electron chi connectivity index (χ1n) is 7.77. The lowest BCUT2D eigenvalue weighted by atomic mass is 9.96. The van der Waals surface area contributed by atoms with Gasteiger partial charge < -0.3 is 0 Å². The van der Waals surface area contributed by atoms with Gasteiger partial charge in [-0.3, -0.25) is 4.79 Å². The van der Waals surface area contributed by atoms with Gasteiger partial charge >= 0.3 is 0 Å². The van der Waals surface area contributed by atoms with Crippen LogP contribution in [-0.4, -0.2) is 5.78 Å². The lowest BCUT2D eigenvalue weighted by Gasteiger charge is -2.09. The van der Waals surface area contributed by atoms with Crippen LogP contribution in [0.4, 0.5) is 0 Å². The third-order valence-corrected chi connectivity index (χ3v) is 4.17. The van der Waals surface area contributed by atoms with Crippen molar-refractivity contribution in [2.24, 2.45) is 11.8 Å². The third-order valence-electron chi connectivity index (χ3n) is 4.17. The number of hydrogen-bond donors (Lipinski definition) is 0. The average Bonchev–Trinajstić information content (AvgIpc) is 2.89. The molecule has 0 unspecified atom stereocenters. The fourth-order valence-corrected chi connectivity index (χ4v) is 3.08. The maximum absolute atomic E-state index is 12.1. The molecule has 1 heteroatoms. The Morgan fingerprint density at radius 1 is 1.16 bits per heavy atom. The first kappa shape index (κ1) is 14.3. The molecule has 1 fully saturated rings. The van der Waals surface area contributed by atoms with Crippen LogP contribution >= 0.6 is 0 Å². The SMILES string of the molecule is CC(C)Cc1ccc(C(=O)CCC2CCCC2)cc1. The topological polar surface area (TPSA) is 17.1 Å². The quantitative estimate of drug-likeness (QED) is 0.653. The number of ketones is 1. The van der Waals surface area contributed by atoms with Gasteiger partial charge in [0.15, 0.2) is 5.78 Å². The Morgan fingerprint density at radius 2 is 1.79 bits per heavy atom. The minimum absolute atomic E-state index is 0.322. The van der Waals surface area contributed by atoms with Crippen molar-refractivity contribution >= 4 is 5.78 Å². The van der Waals surface area contributed by atoms with E-state index < -0.39 is 0 Å². The van der Waals surface area contributed by atoms with Crippen molar-refractivity contribution in [3.05, 3.63) is 35.4 Å². The van der Waals surface area contributed by atoms with E-state index in [4.69, 9.17) is 0 Å². The zero-order valence-corrected chi connectivity index (χ0v) is 12.3. The molecule has 1 nitrogen and oxygen atoms in total. The fraction of sp³-hybridized carbons (Fsp3) is 0.611. The zero-order chi connectivity index (χ0) is 13.7. The van der Waals surface area contributed by atoms with Gasteiger partial charge in [0.25, 0.3) is 0 Å². The Hall–Kier alpha value is -1.11. The van der Waals surface area contributed by atoms with Crippen LogP contribution in [0.5, 0.6) is 0 Å². The van der Waals surface area contributed by atoms with Crippen LogP contribution in [0.25, 0.3) is 0 Å². The second-order valence-electron chi connectivity index (χ2n) is 6.41. The molecule has 1 aliphatic carbocycles. The van der Waals surface area contributed by atoms with E-state index in [0.29, 0.717) is 11.7 Å². The first-order valence-corrected chi connectivity index (χ1v) is 7.77. The summed E-state index contributed by atoms with van der Waals surface area (Å²) in [7, 11) is 0. The molecule has 19 heavy (non-hydrogen) atoms. The summed E-state index contributed by atoms with van der Waals surface area (Å²) in [5.41, 5.74) is 2.23. The summed E-state index contributed by atoms with van der Waals surface area (Å²) < 4.78 is 0. The van der Waals surface area contributed by atoms with E-state index in [1.165, 1.54) is 31.2 Å². The van der Waals surface area contributed by atoms with Gasteiger partial charge in [0.2, 0.25) is 0 Å². The van der Waals surface area contributed by atoms with Gasteiger partial charge in [-0.2, -0.15) is 0 Å². The molecule has 0 aliphatic heterocycles. The first-order chi connectivity index (χ1) is 9.15. The molecule has 1 aromatic rings. The lowest BCUT2D eigenvalue weighted by Crippen LogP contribution is -2.03. The van der Waals surface area contributed by atoms with Crippen molar-refractivity contribution in [2.75, 3.05) is 0 Å². The smallest absolute Gasteiger partial charge is 0.162 e. The summed E-state index contributed by atoms with van der Waals surface area (Å²) in [6, 6.07) is 8.25. The number of carbonyl (C=O) groups excluding carboxylic acids is 1. The number of Topliss-reactive ketones (excluding diaryl/α,β-unsaturated/α-hetero) is 1. The van der Waals surface area contributed by atoms with E-state index in [-0.39, 0.29) is 0 Å². The van der Waals surface area contributed by atoms with E-state index in [9.17, 15) is 4.79 Å². The van der Waals surface area contributed by atoms with Crippen LogP contribution < -0.4 is 0 Å². The van der Waals surface area contributed by atoms with Gasteiger partial charge in [-0.05, 0) is 30.2 Å². The van der Waals surface area contributed by atoms with Gasteiger partial charge in [-0.1, -0.05) is 63.8 Å². The van der Waals surface area contributed by atoms with E-state index in [1.807, 2.05) is 12.1 Å². The molecule has 0 spiro atoms. The van der Waals surface area contributed by atoms with E-state index in [0.717, 1.165) is 30.7 Å². The highest BCUT2D eigenvalue weighted by molar-refractivity contribution is 5.96. The van der Waals surface area contributed by atoms with E-state index in [1.54, 1.807) is 0 Å². The molecule has 0 heterocycles. The molecule has 0 radical (unpaired) electrons. The highest BCUT2D eigenvalue weighted by atomic mass is 16.1. The predicted molar refractivity (Wildman–Crippen MR) is 80.5 cm³/mol. The zero-order valence-electron chi connectivity index (χ0n) is 12.3. The van der Waals surface area contributed by atoms with Crippen LogP contribution in [0.2, 0.25) is 0 Å². The minimum atomic E-state index is 0.322. The summed E-state index contributed by atoms with van der Waals surface area (Å²) in [5, 5.41) is 0. The molecule has 0 amide bonds. The molecule has 1 aromatic carbocycles. The Bertz CT molecular complexity index is 396. The highest BCUT2D eigenvalue weighted by Crippen LogP contribution is 2.29. The summed E-state index contributed by atoms with van der Waals surface area (Å²) in [6.45, 7) is 4.45. The van der Waals surface area contributed by atoms with Crippen LogP contribution in [0.1, 0.15) is 68.3 Å². The van der Waals surface area contributed by atoms with Crippen molar-refractivity contribution < 1.29 is 4.79 Å². The predicted octanol–water partition coefficient (Wildman–Crippen LogP) is 5.04. The Balaban J connectivity index is 1.84. The number of carbonyl (C=O) groups is 1. The van der Waals surface area contributed by atoms with Crippen LogP contribution in [-0.2, 0) is 6.42 Å². The standard InChI is InChI=1S/C18H26O/c1-14(2)13-16-7-10-17(11-8-16)18(19)12-9-15-5-3-4-6-15/h7-8,10-11,14-15H,3-6,9,12-13H2,1-2H3. The van der Waals surface area contributed by atoms with E-state index in [2.05, 4.69) is 26.0 Å². The van der Waals surface area contributed by atoms with Crippen molar-refractivity contribution in [3.8, 4) is 0 Å². The van der Waals surface area contributed by atoms with Crippen molar-refractivity contribution in [1.29, 1.82) is 0 Å². The second kappa shape index (κ2) is 6.88. The molecule has 0 aromatic heterocycles. The number of hydrogen-bond acceptors (Lipinski definition) is 1. The molecule has 1 aliphatic rings. The number of benzene rings is 1. The summed E-state index contributed by atoms with van der Waals surface area (Å²) in [6.07, 6.45) is 8.31. The monoisotopic (exact) mass is 258 g/mol. The van der Waals surface area contributed by atoms with Gasteiger partial charge in [-0.25, -0.2) is 0 Å².